The summed E-state index contributed by atoms with van der Waals surface area (Å²) in [4.78, 5) is 27.4. The van der Waals surface area contributed by atoms with Crippen molar-refractivity contribution in [3.63, 3.8) is 0 Å². The number of piperidine rings is 1. The van der Waals surface area contributed by atoms with E-state index in [-0.39, 0.29) is 23.0 Å². The third-order valence-electron chi connectivity index (χ3n) is 6.91. The highest BCUT2D eigenvalue weighted by Gasteiger charge is 2.57. The average molecular weight is 423 g/mol. The molecule has 1 amide bonds. The number of carbonyl (C=O) groups is 2. The van der Waals surface area contributed by atoms with Crippen LogP contribution < -0.4 is 0 Å². The number of nitriles is 1. The molecule has 2 fully saturated rings. The zero-order chi connectivity index (χ0) is 22.3. The lowest BCUT2D eigenvalue weighted by atomic mass is 9.59. The molecular weight excluding hydrogens is 384 g/mol. The van der Waals surface area contributed by atoms with Crippen LogP contribution in [0.3, 0.4) is 0 Å². The van der Waals surface area contributed by atoms with Crippen LogP contribution in [0.4, 0.5) is 4.79 Å². The quantitative estimate of drug-likeness (QED) is 0.605. The second-order valence-corrected chi connectivity index (χ2v) is 16.0. The normalized spacial score (nSPS) is 28.5. The molecule has 2 aliphatic rings. The van der Waals surface area contributed by atoms with Crippen LogP contribution in [0, 0.1) is 22.7 Å². The predicted molar refractivity (Wildman–Crippen MR) is 115 cm³/mol. The first-order chi connectivity index (χ1) is 13.1. The fourth-order valence-electron chi connectivity index (χ4n) is 4.26. The Kier molecular flexibility index (Phi) is 6.61. The van der Waals surface area contributed by atoms with Crippen LogP contribution in [-0.2, 0) is 14.0 Å². The Morgan fingerprint density at radius 1 is 1.28 bits per heavy atom. The topological polar surface area (TPSA) is 79.6 Å². The number of fused-ring (bicyclic) bond motifs is 1. The summed E-state index contributed by atoms with van der Waals surface area (Å²) in [5.74, 6) is -0.759. The van der Waals surface area contributed by atoms with Gasteiger partial charge in [0.2, 0.25) is 0 Å². The van der Waals surface area contributed by atoms with Crippen molar-refractivity contribution in [1.82, 2.24) is 4.90 Å². The van der Waals surface area contributed by atoms with Crippen molar-refractivity contribution in [1.29, 1.82) is 5.26 Å². The lowest BCUT2D eigenvalue weighted by Crippen LogP contribution is -2.63. The van der Waals surface area contributed by atoms with E-state index in [1.165, 1.54) is 0 Å². The molecule has 0 radical (unpaired) electrons. The largest absolute Gasteiger partial charge is 0.444 e. The number of rotatable bonds is 3. The molecular formula is C22H38N2O4Si. The molecule has 0 aromatic heterocycles. The van der Waals surface area contributed by atoms with Gasteiger partial charge >= 0.3 is 6.09 Å². The van der Waals surface area contributed by atoms with Crippen LogP contribution in [0.5, 0.6) is 0 Å². The number of ketones is 1. The van der Waals surface area contributed by atoms with Gasteiger partial charge in [0.15, 0.2) is 14.1 Å². The molecule has 3 atom stereocenters. The first kappa shape index (κ1) is 23.9. The molecule has 6 nitrogen and oxygen atoms in total. The lowest BCUT2D eigenvalue weighted by molar-refractivity contribution is -0.139. The molecule has 7 heteroatoms. The number of amides is 1. The minimum absolute atomic E-state index is 0.0198. The van der Waals surface area contributed by atoms with E-state index in [2.05, 4.69) is 39.9 Å². The zero-order valence-electron chi connectivity index (χ0n) is 19.4. The summed E-state index contributed by atoms with van der Waals surface area (Å²) in [6, 6.07) is 2.07. The molecule has 29 heavy (non-hydrogen) atoms. The summed E-state index contributed by atoms with van der Waals surface area (Å²) >= 11 is 0. The molecule has 0 bridgehead atoms. The summed E-state index contributed by atoms with van der Waals surface area (Å²) in [6.07, 6.45) is 1.99. The number of carbonyl (C=O) groups excluding carboxylic acids is 2. The Balaban J connectivity index is 2.39. The molecule has 2 rings (SSSR count). The molecule has 1 saturated carbocycles. The fraction of sp³-hybridized carbons (Fsp3) is 0.864. The number of Topliss-reactive ketones (excluding diaryl/α,β-unsaturated/α-hetero) is 1. The van der Waals surface area contributed by atoms with E-state index in [0.29, 0.717) is 26.0 Å². The molecule has 1 aliphatic carbocycles. The molecule has 0 aromatic rings. The number of likely N-dealkylation sites (tertiary alicyclic amines) is 1. The third-order valence-corrected chi connectivity index (χ3v) is 11.4. The van der Waals surface area contributed by atoms with Gasteiger partial charge in [0.25, 0.3) is 0 Å². The van der Waals surface area contributed by atoms with Gasteiger partial charge in [0.1, 0.15) is 11.5 Å². The van der Waals surface area contributed by atoms with Crippen LogP contribution >= 0.6 is 0 Å². The number of hydrogen-bond donors (Lipinski definition) is 0. The van der Waals surface area contributed by atoms with E-state index in [9.17, 15) is 14.9 Å². The number of ether oxygens (including phenoxy) is 1. The molecule has 1 unspecified atom stereocenters. The Hall–Kier alpha value is -1.39. The van der Waals surface area contributed by atoms with Crippen LogP contribution in [0.1, 0.15) is 67.2 Å². The first-order valence-electron chi connectivity index (χ1n) is 10.7. The Morgan fingerprint density at radius 2 is 1.90 bits per heavy atom. The Labute approximate surface area is 177 Å². The van der Waals surface area contributed by atoms with Crippen molar-refractivity contribution in [2.75, 3.05) is 13.2 Å². The Bertz CT molecular complexity index is 686. The predicted octanol–water partition coefficient (Wildman–Crippen LogP) is 4.90. The maximum atomic E-state index is 13.0. The van der Waals surface area contributed by atoms with E-state index < -0.39 is 25.3 Å². The van der Waals surface area contributed by atoms with E-state index in [1.807, 2.05) is 20.8 Å². The highest BCUT2D eigenvalue weighted by atomic mass is 28.4. The molecule has 0 aromatic carbocycles. The molecule has 0 spiro atoms. The van der Waals surface area contributed by atoms with Crippen LogP contribution in [0.2, 0.25) is 18.1 Å². The molecule has 1 aliphatic heterocycles. The minimum atomic E-state index is -2.08. The van der Waals surface area contributed by atoms with Crippen LogP contribution in [0.25, 0.3) is 0 Å². The zero-order valence-corrected chi connectivity index (χ0v) is 20.4. The van der Waals surface area contributed by atoms with Gasteiger partial charge in [-0.3, -0.25) is 4.79 Å². The van der Waals surface area contributed by atoms with Gasteiger partial charge in [-0.25, -0.2) is 4.79 Å². The summed E-state index contributed by atoms with van der Waals surface area (Å²) in [5.41, 5.74) is -1.25. The van der Waals surface area contributed by atoms with Gasteiger partial charge in [-0.1, -0.05) is 20.8 Å². The second kappa shape index (κ2) is 8.03. The van der Waals surface area contributed by atoms with Crippen molar-refractivity contribution in [3.05, 3.63) is 0 Å². The highest BCUT2D eigenvalue weighted by molar-refractivity contribution is 6.74. The van der Waals surface area contributed by atoms with Gasteiger partial charge in [0, 0.05) is 31.0 Å². The Morgan fingerprint density at radius 3 is 2.41 bits per heavy atom. The van der Waals surface area contributed by atoms with E-state index in [4.69, 9.17) is 9.16 Å². The van der Waals surface area contributed by atoms with Crippen LogP contribution in [-0.4, -0.2) is 49.9 Å². The lowest BCUT2D eigenvalue weighted by Gasteiger charge is -2.54. The standard InChI is InChI=1S/C22H38N2O4Si/c1-20(2,3)28-19(26)24-13-9-12-22(15-27-29(7,8)21(4,5)6)16(14-23)17(25)10-11-18(22)24/h16,18H,9-13,15H2,1-8H3/t16?,18-,22+/m0/s1. The van der Waals surface area contributed by atoms with Gasteiger partial charge in [0.05, 0.1) is 6.07 Å². The third kappa shape index (κ3) is 4.85. The van der Waals surface area contributed by atoms with Crippen molar-refractivity contribution in [3.8, 4) is 6.07 Å². The highest BCUT2D eigenvalue weighted by Crippen LogP contribution is 2.50. The maximum absolute atomic E-state index is 13.0. The monoisotopic (exact) mass is 422 g/mol. The summed E-state index contributed by atoms with van der Waals surface area (Å²) in [5, 5.41) is 9.94. The van der Waals surface area contributed by atoms with E-state index in [1.54, 1.807) is 4.90 Å². The van der Waals surface area contributed by atoms with Gasteiger partial charge in [-0.05, 0) is 58.2 Å². The van der Waals surface area contributed by atoms with Crippen molar-refractivity contribution >= 4 is 20.2 Å². The average Bonchev–Trinajstić information content (AvgIpc) is 2.56. The van der Waals surface area contributed by atoms with E-state index in [0.717, 1.165) is 12.8 Å². The fourth-order valence-corrected chi connectivity index (χ4v) is 5.32. The number of nitrogens with zero attached hydrogens (tertiary/aromatic N) is 2. The molecule has 164 valence electrons. The van der Waals surface area contributed by atoms with Crippen molar-refractivity contribution in [2.45, 2.75) is 97.0 Å². The van der Waals surface area contributed by atoms with Gasteiger partial charge < -0.3 is 14.1 Å². The van der Waals surface area contributed by atoms with Crippen molar-refractivity contribution < 1.29 is 18.8 Å². The SMILES string of the molecule is CC(C)(C)OC(=O)N1CCC[C@@]2(CO[Si](C)(C)C(C)(C)C)C(C#N)C(=O)CC[C@H]12. The van der Waals surface area contributed by atoms with Crippen LogP contribution in [0.15, 0.2) is 0 Å². The molecule has 1 saturated heterocycles. The summed E-state index contributed by atoms with van der Waals surface area (Å²) < 4.78 is 12.2. The first-order valence-corrected chi connectivity index (χ1v) is 13.6. The van der Waals surface area contributed by atoms with Gasteiger partial charge in [-0.2, -0.15) is 5.26 Å². The smallest absolute Gasteiger partial charge is 0.410 e. The summed E-state index contributed by atoms with van der Waals surface area (Å²) in [7, 11) is -2.08. The molecule has 1 heterocycles. The minimum Gasteiger partial charge on any atom is -0.444 e. The van der Waals surface area contributed by atoms with Gasteiger partial charge in [-0.15, -0.1) is 0 Å². The maximum Gasteiger partial charge on any atom is 0.410 e. The summed E-state index contributed by atoms with van der Waals surface area (Å²) in [6.45, 7) is 17.4. The second-order valence-electron chi connectivity index (χ2n) is 11.1. The van der Waals surface area contributed by atoms with Crippen molar-refractivity contribution in [2.24, 2.45) is 11.3 Å². The molecule has 0 N–H and O–H groups in total. The van der Waals surface area contributed by atoms with E-state index >= 15 is 0 Å². The number of hydrogen-bond acceptors (Lipinski definition) is 5.